The maximum atomic E-state index is 12.1. The largest absolute Gasteiger partial charge is 0.396 e. The molecule has 0 fully saturated rings. The van der Waals surface area contributed by atoms with E-state index in [1.54, 1.807) is 6.20 Å². The fraction of sp³-hybridized carbons (Fsp3) is 0.286. The molecule has 1 aromatic heterocycles. The molecule has 0 aliphatic heterocycles. The summed E-state index contributed by atoms with van der Waals surface area (Å²) in [6.45, 7) is 1.92. The van der Waals surface area contributed by atoms with Gasteiger partial charge in [-0.3, -0.25) is 9.78 Å². The summed E-state index contributed by atoms with van der Waals surface area (Å²) in [4.78, 5) is 16.2. The number of carbonyl (C=O) groups is 1. The molecule has 0 saturated carbocycles. The lowest BCUT2D eigenvalue weighted by Crippen LogP contribution is -2.33. The van der Waals surface area contributed by atoms with Crippen molar-refractivity contribution in [3.05, 3.63) is 42.2 Å². The van der Waals surface area contributed by atoms with Gasteiger partial charge >= 0.3 is 0 Å². The van der Waals surface area contributed by atoms with Crippen molar-refractivity contribution in [1.29, 1.82) is 0 Å². The summed E-state index contributed by atoms with van der Waals surface area (Å²) in [7, 11) is 0. The lowest BCUT2D eigenvalue weighted by atomic mass is 10.1. The molecule has 1 unspecified atom stereocenters. The highest BCUT2D eigenvalue weighted by Crippen LogP contribution is 2.16. The van der Waals surface area contributed by atoms with Crippen LogP contribution in [0, 0.1) is 0 Å². The first-order valence-corrected chi connectivity index (χ1v) is 5.98. The Morgan fingerprint density at radius 3 is 2.94 bits per heavy atom. The van der Waals surface area contributed by atoms with E-state index in [1.165, 1.54) is 0 Å². The zero-order valence-electron chi connectivity index (χ0n) is 10.3. The molecule has 1 aromatic carbocycles. The quantitative estimate of drug-likeness (QED) is 0.861. The normalized spacial score (nSPS) is 12.3. The van der Waals surface area contributed by atoms with Crippen LogP contribution in [0.2, 0.25) is 0 Å². The smallest absolute Gasteiger partial charge is 0.270 e. The van der Waals surface area contributed by atoms with Gasteiger partial charge in [-0.25, -0.2) is 0 Å². The number of benzene rings is 1. The molecule has 0 bridgehead atoms. The van der Waals surface area contributed by atoms with Gasteiger partial charge in [-0.05, 0) is 24.8 Å². The summed E-state index contributed by atoms with van der Waals surface area (Å²) in [6, 6.07) is 9.46. The van der Waals surface area contributed by atoms with E-state index in [4.69, 9.17) is 5.11 Å². The Bertz CT molecular complexity index is 549. The van der Waals surface area contributed by atoms with Crippen molar-refractivity contribution in [3.63, 3.8) is 0 Å². The van der Waals surface area contributed by atoms with Gasteiger partial charge in [-0.15, -0.1) is 0 Å². The van der Waals surface area contributed by atoms with Crippen molar-refractivity contribution in [2.45, 2.75) is 19.4 Å². The second-order valence-electron chi connectivity index (χ2n) is 4.27. The van der Waals surface area contributed by atoms with Crippen LogP contribution < -0.4 is 5.32 Å². The number of fused-ring (bicyclic) bond motifs is 1. The summed E-state index contributed by atoms with van der Waals surface area (Å²) in [5, 5.41) is 13.5. The third kappa shape index (κ3) is 2.65. The third-order valence-corrected chi connectivity index (χ3v) is 2.83. The lowest BCUT2D eigenvalue weighted by Gasteiger charge is -2.12. The van der Waals surface area contributed by atoms with Crippen molar-refractivity contribution in [2.24, 2.45) is 0 Å². The van der Waals surface area contributed by atoms with Gasteiger partial charge in [0, 0.05) is 24.2 Å². The van der Waals surface area contributed by atoms with Crippen molar-refractivity contribution in [3.8, 4) is 0 Å². The Balaban J connectivity index is 2.28. The Morgan fingerprint density at radius 1 is 1.39 bits per heavy atom. The number of aromatic nitrogens is 1. The second-order valence-corrected chi connectivity index (χ2v) is 4.27. The first kappa shape index (κ1) is 12.5. The fourth-order valence-corrected chi connectivity index (χ4v) is 1.86. The molecule has 18 heavy (non-hydrogen) atoms. The first-order valence-electron chi connectivity index (χ1n) is 5.98. The van der Waals surface area contributed by atoms with Crippen LogP contribution in [-0.2, 0) is 0 Å². The fourth-order valence-electron chi connectivity index (χ4n) is 1.86. The average Bonchev–Trinajstić information content (AvgIpc) is 2.38. The van der Waals surface area contributed by atoms with E-state index >= 15 is 0 Å². The van der Waals surface area contributed by atoms with E-state index in [-0.39, 0.29) is 18.6 Å². The molecular formula is C14H16N2O2. The van der Waals surface area contributed by atoms with Crippen molar-refractivity contribution in [2.75, 3.05) is 6.61 Å². The number of pyridine rings is 1. The van der Waals surface area contributed by atoms with Gasteiger partial charge in [0.15, 0.2) is 0 Å². The molecule has 2 rings (SSSR count). The van der Waals surface area contributed by atoms with E-state index in [0.29, 0.717) is 12.1 Å². The molecule has 1 atom stereocenters. The standard InChI is InChI=1S/C14H16N2O2/c1-10(7-9-17)16-14(18)13-12-5-3-2-4-11(12)6-8-15-13/h2-6,8,10,17H,7,9H2,1H3,(H,16,18). The number of nitrogens with one attached hydrogen (secondary N) is 1. The zero-order chi connectivity index (χ0) is 13.0. The van der Waals surface area contributed by atoms with Crippen LogP contribution in [0.4, 0.5) is 0 Å². The van der Waals surface area contributed by atoms with E-state index in [2.05, 4.69) is 10.3 Å². The molecule has 1 heterocycles. The molecule has 2 N–H and O–H groups in total. The first-order chi connectivity index (χ1) is 8.72. The van der Waals surface area contributed by atoms with E-state index in [0.717, 1.165) is 10.8 Å². The van der Waals surface area contributed by atoms with Gasteiger partial charge in [0.1, 0.15) is 5.69 Å². The SMILES string of the molecule is CC(CCO)NC(=O)c1nccc2ccccc12. The maximum Gasteiger partial charge on any atom is 0.270 e. The number of hydrogen-bond donors (Lipinski definition) is 2. The maximum absolute atomic E-state index is 12.1. The monoisotopic (exact) mass is 244 g/mol. The van der Waals surface area contributed by atoms with Crippen molar-refractivity contribution < 1.29 is 9.90 Å². The average molecular weight is 244 g/mol. The van der Waals surface area contributed by atoms with Gasteiger partial charge in [0.2, 0.25) is 0 Å². The predicted octanol–water partition coefficient (Wildman–Crippen LogP) is 1.74. The van der Waals surface area contributed by atoms with E-state index in [9.17, 15) is 4.79 Å². The minimum absolute atomic E-state index is 0.0599. The number of nitrogens with zero attached hydrogens (tertiary/aromatic N) is 1. The topological polar surface area (TPSA) is 62.2 Å². The minimum atomic E-state index is -0.201. The second kappa shape index (κ2) is 5.60. The van der Waals surface area contributed by atoms with Crippen LogP contribution in [0.15, 0.2) is 36.5 Å². The Hall–Kier alpha value is -1.94. The summed E-state index contributed by atoms with van der Waals surface area (Å²) < 4.78 is 0. The summed E-state index contributed by atoms with van der Waals surface area (Å²) in [6.07, 6.45) is 2.17. The molecule has 0 spiro atoms. The van der Waals surface area contributed by atoms with Crippen LogP contribution in [0.3, 0.4) is 0 Å². The third-order valence-electron chi connectivity index (χ3n) is 2.83. The lowest BCUT2D eigenvalue weighted by molar-refractivity contribution is 0.0931. The highest BCUT2D eigenvalue weighted by atomic mass is 16.3. The molecule has 4 nitrogen and oxygen atoms in total. The Kier molecular flexibility index (Phi) is 3.89. The summed E-state index contributed by atoms with van der Waals surface area (Å²) in [5.41, 5.74) is 0.429. The van der Waals surface area contributed by atoms with Crippen molar-refractivity contribution >= 4 is 16.7 Å². The van der Waals surface area contributed by atoms with Gasteiger partial charge < -0.3 is 10.4 Å². The zero-order valence-corrected chi connectivity index (χ0v) is 10.3. The molecule has 0 saturated heterocycles. The molecule has 0 aliphatic rings. The molecule has 0 radical (unpaired) electrons. The van der Waals surface area contributed by atoms with Crippen LogP contribution >= 0.6 is 0 Å². The minimum Gasteiger partial charge on any atom is -0.396 e. The molecule has 0 aliphatic carbocycles. The van der Waals surface area contributed by atoms with Gasteiger partial charge in [0.25, 0.3) is 5.91 Å². The van der Waals surface area contributed by atoms with Gasteiger partial charge in [0.05, 0.1) is 0 Å². The summed E-state index contributed by atoms with van der Waals surface area (Å²) >= 11 is 0. The molecule has 4 heteroatoms. The Morgan fingerprint density at radius 2 is 2.17 bits per heavy atom. The Labute approximate surface area is 106 Å². The van der Waals surface area contributed by atoms with E-state index < -0.39 is 0 Å². The highest BCUT2D eigenvalue weighted by molar-refractivity contribution is 6.05. The highest BCUT2D eigenvalue weighted by Gasteiger charge is 2.13. The van der Waals surface area contributed by atoms with Crippen molar-refractivity contribution in [1.82, 2.24) is 10.3 Å². The number of hydrogen-bond acceptors (Lipinski definition) is 3. The van der Waals surface area contributed by atoms with Gasteiger partial charge in [-0.2, -0.15) is 0 Å². The number of aliphatic hydroxyl groups is 1. The molecule has 1 amide bonds. The van der Waals surface area contributed by atoms with Crippen LogP contribution in [0.25, 0.3) is 10.8 Å². The number of amides is 1. The van der Waals surface area contributed by atoms with E-state index in [1.807, 2.05) is 37.3 Å². The number of carbonyl (C=O) groups excluding carboxylic acids is 1. The summed E-state index contributed by atoms with van der Waals surface area (Å²) in [5.74, 6) is -0.201. The van der Waals surface area contributed by atoms with Crippen LogP contribution in [-0.4, -0.2) is 28.6 Å². The van der Waals surface area contributed by atoms with Gasteiger partial charge in [-0.1, -0.05) is 24.3 Å². The van der Waals surface area contributed by atoms with Crippen LogP contribution in [0.5, 0.6) is 0 Å². The predicted molar refractivity (Wildman–Crippen MR) is 70.4 cm³/mol. The number of aliphatic hydroxyl groups excluding tert-OH is 1. The number of rotatable bonds is 4. The van der Waals surface area contributed by atoms with Crippen LogP contribution in [0.1, 0.15) is 23.8 Å². The molecule has 94 valence electrons. The molecule has 2 aromatic rings. The molecular weight excluding hydrogens is 228 g/mol.